The molecule has 1 heterocycles. The Morgan fingerprint density at radius 3 is 2.73 bits per heavy atom. The fraction of sp³-hybridized carbons (Fsp3) is 0.263. The van der Waals surface area contributed by atoms with Gasteiger partial charge in [-0.15, -0.1) is 0 Å². The highest BCUT2D eigenvalue weighted by atomic mass is 35.5. The molecule has 0 saturated carbocycles. The standard InChI is InChI=1S/C19H18Cl2FN3O/c1-11-7-16(23-10-25(2)3)14(21)8-12(11)18-9-17(24-26-18)19-13(20)5-4-6-15(19)22/h4-8,10,18H,9H2,1-3H3/b23-10-. The van der Waals surface area contributed by atoms with E-state index in [2.05, 4.69) is 10.1 Å². The maximum atomic E-state index is 14.1. The Labute approximate surface area is 161 Å². The summed E-state index contributed by atoms with van der Waals surface area (Å²) < 4.78 is 14.1. The molecule has 1 aliphatic heterocycles. The van der Waals surface area contributed by atoms with E-state index in [4.69, 9.17) is 28.0 Å². The van der Waals surface area contributed by atoms with Gasteiger partial charge in [-0.25, -0.2) is 9.38 Å². The van der Waals surface area contributed by atoms with E-state index in [-0.39, 0.29) is 11.7 Å². The van der Waals surface area contributed by atoms with Crippen molar-refractivity contribution in [1.29, 1.82) is 0 Å². The molecular weight excluding hydrogens is 376 g/mol. The van der Waals surface area contributed by atoms with Crippen LogP contribution in [0.5, 0.6) is 0 Å². The third-order valence-corrected chi connectivity index (χ3v) is 4.65. The first kappa shape index (κ1) is 18.7. The fourth-order valence-corrected chi connectivity index (χ4v) is 3.26. The van der Waals surface area contributed by atoms with E-state index in [1.807, 2.05) is 38.1 Å². The maximum absolute atomic E-state index is 14.1. The summed E-state index contributed by atoms with van der Waals surface area (Å²) in [4.78, 5) is 11.7. The molecule has 0 spiro atoms. The zero-order valence-electron chi connectivity index (χ0n) is 14.6. The highest BCUT2D eigenvalue weighted by Gasteiger charge is 2.28. The quantitative estimate of drug-likeness (QED) is 0.505. The van der Waals surface area contributed by atoms with Gasteiger partial charge < -0.3 is 9.74 Å². The van der Waals surface area contributed by atoms with E-state index in [0.29, 0.717) is 27.9 Å². The van der Waals surface area contributed by atoms with Crippen molar-refractivity contribution in [2.24, 2.45) is 10.1 Å². The lowest BCUT2D eigenvalue weighted by Crippen LogP contribution is -2.07. The van der Waals surface area contributed by atoms with Crippen LogP contribution in [0.2, 0.25) is 10.0 Å². The van der Waals surface area contributed by atoms with Crippen LogP contribution >= 0.6 is 23.2 Å². The number of aryl methyl sites for hydroxylation is 1. The number of benzene rings is 2. The molecule has 2 aromatic carbocycles. The summed E-state index contributed by atoms with van der Waals surface area (Å²) in [6, 6.07) is 8.28. The normalized spacial score (nSPS) is 16.7. The summed E-state index contributed by atoms with van der Waals surface area (Å²) in [7, 11) is 3.77. The molecular formula is C19H18Cl2FN3O. The first-order valence-corrected chi connectivity index (χ1v) is 8.80. The Morgan fingerprint density at radius 2 is 2.04 bits per heavy atom. The van der Waals surface area contributed by atoms with Gasteiger partial charge in [0.2, 0.25) is 0 Å². The minimum absolute atomic E-state index is 0.285. The van der Waals surface area contributed by atoms with Crippen molar-refractivity contribution in [3.05, 3.63) is 62.9 Å². The lowest BCUT2D eigenvalue weighted by Gasteiger charge is -2.14. The van der Waals surface area contributed by atoms with Crippen molar-refractivity contribution >= 4 is 40.9 Å². The SMILES string of the molecule is Cc1cc(/N=C\N(C)C)c(Cl)cc1C1CC(c2c(F)cccc2Cl)=NO1. The topological polar surface area (TPSA) is 37.2 Å². The molecule has 7 heteroatoms. The minimum Gasteiger partial charge on any atom is -0.387 e. The van der Waals surface area contributed by atoms with Crippen LogP contribution in [-0.2, 0) is 4.84 Å². The number of nitrogens with zero attached hydrogens (tertiary/aromatic N) is 3. The van der Waals surface area contributed by atoms with Crippen LogP contribution in [0.4, 0.5) is 10.1 Å². The molecule has 2 aromatic rings. The Bertz CT molecular complexity index is 876. The lowest BCUT2D eigenvalue weighted by molar-refractivity contribution is 0.0853. The molecule has 26 heavy (non-hydrogen) atoms. The van der Waals surface area contributed by atoms with Gasteiger partial charge in [-0.1, -0.05) is 34.4 Å². The molecule has 0 amide bonds. The van der Waals surface area contributed by atoms with Gasteiger partial charge in [-0.05, 0) is 42.3 Å². The second kappa shape index (κ2) is 7.64. The largest absolute Gasteiger partial charge is 0.387 e. The fourth-order valence-electron chi connectivity index (χ4n) is 2.77. The van der Waals surface area contributed by atoms with Crippen LogP contribution in [0, 0.1) is 12.7 Å². The van der Waals surface area contributed by atoms with Gasteiger partial charge in [0, 0.05) is 20.5 Å². The van der Waals surface area contributed by atoms with Gasteiger partial charge in [-0.3, -0.25) is 0 Å². The molecule has 0 aromatic heterocycles. The Hall–Kier alpha value is -2.11. The van der Waals surface area contributed by atoms with Crippen LogP contribution in [-0.4, -0.2) is 31.0 Å². The van der Waals surface area contributed by atoms with Gasteiger partial charge >= 0.3 is 0 Å². The van der Waals surface area contributed by atoms with Crippen molar-refractivity contribution < 1.29 is 9.23 Å². The third-order valence-electron chi connectivity index (χ3n) is 4.03. The first-order chi connectivity index (χ1) is 12.4. The monoisotopic (exact) mass is 393 g/mol. The molecule has 0 N–H and O–H groups in total. The van der Waals surface area contributed by atoms with E-state index in [9.17, 15) is 4.39 Å². The van der Waals surface area contributed by atoms with Gasteiger partial charge in [0.25, 0.3) is 0 Å². The highest BCUT2D eigenvalue weighted by Crippen LogP contribution is 2.37. The number of aliphatic imine (C=N–C) groups is 1. The molecule has 0 radical (unpaired) electrons. The summed E-state index contributed by atoms with van der Waals surface area (Å²) in [5.74, 6) is -0.413. The summed E-state index contributed by atoms with van der Waals surface area (Å²) in [5, 5.41) is 4.89. The van der Waals surface area contributed by atoms with E-state index < -0.39 is 5.82 Å². The average molecular weight is 394 g/mol. The predicted molar refractivity (Wildman–Crippen MR) is 104 cm³/mol. The summed E-state index contributed by atoms with van der Waals surface area (Å²) in [6.45, 7) is 1.96. The summed E-state index contributed by atoms with van der Waals surface area (Å²) >= 11 is 12.5. The third kappa shape index (κ3) is 3.84. The summed E-state index contributed by atoms with van der Waals surface area (Å²) in [6.07, 6.45) is 1.76. The van der Waals surface area contributed by atoms with Gasteiger partial charge in [0.05, 0.1) is 33.3 Å². The Morgan fingerprint density at radius 1 is 1.27 bits per heavy atom. The van der Waals surface area contributed by atoms with Crippen LogP contribution in [0.3, 0.4) is 0 Å². The smallest absolute Gasteiger partial charge is 0.158 e. The zero-order valence-corrected chi connectivity index (χ0v) is 16.1. The van der Waals surface area contributed by atoms with Gasteiger partial charge in [0.15, 0.2) is 6.10 Å². The van der Waals surface area contributed by atoms with Crippen molar-refractivity contribution in [3.63, 3.8) is 0 Å². The van der Waals surface area contributed by atoms with E-state index in [1.165, 1.54) is 6.07 Å². The predicted octanol–water partition coefficient (Wildman–Crippen LogP) is 5.53. The first-order valence-electron chi connectivity index (χ1n) is 8.04. The Kier molecular flexibility index (Phi) is 5.49. The van der Waals surface area contributed by atoms with E-state index >= 15 is 0 Å². The molecule has 136 valence electrons. The zero-order chi connectivity index (χ0) is 18.8. The molecule has 0 fully saturated rings. The van der Waals surface area contributed by atoms with E-state index in [1.54, 1.807) is 18.5 Å². The molecule has 1 aliphatic rings. The maximum Gasteiger partial charge on any atom is 0.158 e. The number of hydrogen-bond acceptors (Lipinski definition) is 3. The molecule has 0 saturated heterocycles. The Balaban J connectivity index is 1.85. The molecule has 1 unspecified atom stereocenters. The number of hydrogen-bond donors (Lipinski definition) is 0. The van der Waals surface area contributed by atoms with E-state index in [0.717, 1.165) is 11.1 Å². The van der Waals surface area contributed by atoms with Crippen molar-refractivity contribution in [2.75, 3.05) is 14.1 Å². The second-order valence-corrected chi connectivity index (χ2v) is 7.12. The minimum atomic E-state index is -0.413. The van der Waals surface area contributed by atoms with Crippen molar-refractivity contribution in [1.82, 2.24) is 4.90 Å². The summed E-state index contributed by atoms with van der Waals surface area (Å²) in [5.41, 5.74) is 3.32. The highest BCUT2D eigenvalue weighted by molar-refractivity contribution is 6.34. The average Bonchev–Trinajstić information content (AvgIpc) is 3.04. The van der Waals surface area contributed by atoms with Crippen LogP contribution < -0.4 is 0 Å². The lowest BCUT2D eigenvalue weighted by atomic mass is 9.96. The molecule has 1 atom stereocenters. The molecule has 0 aliphatic carbocycles. The van der Waals surface area contributed by atoms with Crippen LogP contribution in [0.15, 0.2) is 40.5 Å². The number of halogens is 3. The molecule has 4 nitrogen and oxygen atoms in total. The van der Waals surface area contributed by atoms with Crippen LogP contribution in [0.25, 0.3) is 0 Å². The number of rotatable bonds is 4. The van der Waals surface area contributed by atoms with Gasteiger partial charge in [0.1, 0.15) is 5.82 Å². The van der Waals surface area contributed by atoms with Crippen molar-refractivity contribution in [2.45, 2.75) is 19.4 Å². The molecule has 0 bridgehead atoms. The van der Waals surface area contributed by atoms with Crippen LogP contribution in [0.1, 0.15) is 29.2 Å². The molecule has 3 rings (SSSR count). The number of oxime groups is 1. The van der Waals surface area contributed by atoms with Crippen molar-refractivity contribution in [3.8, 4) is 0 Å². The second-order valence-electron chi connectivity index (χ2n) is 6.30. The van der Waals surface area contributed by atoms with Gasteiger partial charge in [-0.2, -0.15) is 0 Å².